The average molecular weight is 219 g/mol. The van der Waals surface area contributed by atoms with Gasteiger partial charge in [-0.2, -0.15) is 0 Å². The van der Waals surface area contributed by atoms with Gasteiger partial charge in [0.25, 0.3) is 0 Å². The molecule has 0 bridgehead atoms. The highest BCUT2D eigenvalue weighted by Gasteiger charge is 2.18. The summed E-state index contributed by atoms with van der Waals surface area (Å²) in [7, 11) is 1.59. The molecule has 1 fully saturated rings. The monoisotopic (exact) mass is 219 g/mol. The lowest BCUT2D eigenvalue weighted by Gasteiger charge is -2.29. The summed E-state index contributed by atoms with van der Waals surface area (Å²) in [6.07, 6.45) is 3.33. The van der Waals surface area contributed by atoms with Gasteiger partial charge in [-0.15, -0.1) is 0 Å². The first kappa shape index (κ1) is 10.8. The summed E-state index contributed by atoms with van der Waals surface area (Å²) in [6, 6.07) is 7.86. The number of amidine groups is 1. The van der Waals surface area contributed by atoms with Crippen LogP contribution >= 0.6 is 0 Å². The molecule has 0 aromatic heterocycles. The van der Waals surface area contributed by atoms with Crippen LogP contribution in [-0.4, -0.2) is 19.5 Å². The molecule has 1 heterocycles. The molecule has 2 rings (SSSR count). The van der Waals surface area contributed by atoms with Gasteiger partial charge in [-0.05, 0) is 37.1 Å². The zero-order valence-corrected chi connectivity index (χ0v) is 9.52. The Morgan fingerprint density at radius 3 is 2.69 bits per heavy atom. The molecule has 0 radical (unpaired) electrons. The molecule has 1 aromatic carbocycles. The minimum absolute atomic E-state index is 0.783. The maximum Gasteiger partial charge on any atom is 0.148 e. The predicted octanol–water partition coefficient (Wildman–Crippen LogP) is 2.22. The van der Waals surface area contributed by atoms with E-state index < -0.39 is 0 Å². The number of hydrogen-bond donors (Lipinski definition) is 1. The van der Waals surface area contributed by atoms with Crippen LogP contribution in [0, 0.1) is 0 Å². The number of anilines is 2. The van der Waals surface area contributed by atoms with Crippen molar-refractivity contribution in [3.05, 3.63) is 24.3 Å². The lowest BCUT2D eigenvalue weighted by molar-refractivity contribution is 0.211. The predicted molar refractivity (Wildman–Crippen MR) is 66.5 cm³/mol. The van der Waals surface area contributed by atoms with Gasteiger partial charge in [-0.1, -0.05) is 5.16 Å². The van der Waals surface area contributed by atoms with E-state index >= 15 is 0 Å². The highest BCUT2D eigenvalue weighted by atomic mass is 16.6. The van der Waals surface area contributed by atoms with Gasteiger partial charge >= 0.3 is 0 Å². The molecule has 4 nitrogen and oxygen atoms in total. The molecule has 86 valence electrons. The molecule has 16 heavy (non-hydrogen) atoms. The Balaban J connectivity index is 2.23. The molecular weight excluding hydrogens is 202 g/mol. The Morgan fingerprint density at radius 1 is 1.25 bits per heavy atom. The number of hydrogen-bond acceptors (Lipinski definition) is 3. The first-order valence-electron chi connectivity index (χ1n) is 5.54. The van der Waals surface area contributed by atoms with Crippen LogP contribution in [0.25, 0.3) is 0 Å². The van der Waals surface area contributed by atoms with E-state index in [-0.39, 0.29) is 0 Å². The molecule has 2 N–H and O–H groups in total. The fourth-order valence-electron chi connectivity index (χ4n) is 1.95. The second-order valence-electron chi connectivity index (χ2n) is 3.89. The Kier molecular flexibility index (Phi) is 3.29. The van der Waals surface area contributed by atoms with E-state index in [1.54, 1.807) is 7.11 Å². The summed E-state index contributed by atoms with van der Waals surface area (Å²) in [5.41, 5.74) is 7.59. The molecule has 1 aliphatic rings. The van der Waals surface area contributed by atoms with E-state index in [9.17, 15) is 0 Å². The Morgan fingerprint density at radius 2 is 2.00 bits per heavy atom. The van der Waals surface area contributed by atoms with Gasteiger partial charge < -0.3 is 15.5 Å². The van der Waals surface area contributed by atoms with E-state index in [4.69, 9.17) is 10.6 Å². The van der Waals surface area contributed by atoms with Crippen molar-refractivity contribution in [1.29, 1.82) is 0 Å². The Labute approximate surface area is 95.7 Å². The smallest absolute Gasteiger partial charge is 0.148 e. The Bertz CT molecular complexity index is 372. The number of nitrogens with zero attached hydrogens (tertiary/aromatic N) is 2. The van der Waals surface area contributed by atoms with Crippen molar-refractivity contribution in [2.45, 2.75) is 19.3 Å². The standard InChI is InChI=1S/C12H17N3O/c1-16-14-12-4-2-3-9-15(12)11-7-5-10(13)6-8-11/h5-8H,2-4,9,13H2,1H3. The van der Waals surface area contributed by atoms with E-state index in [1.165, 1.54) is 12.8 Å². The molecule has 4 heteroatoms. The van der Waals surface area contributed by atoms with Crippen LogP contribution in [0.15, 0.2) is 29.4 Å². The molecule has 0 saturated carbocycles. The van der Waals surface area contributed by atoms with Crippen molar-refractivity contribution < 1.29 is 4.84 Å². The summed E-state index contributed by atoms with van der Waals surface area (Å²) in [5, 5.41) is 4.08. The van der Waals surface area contributed by atoms with E-state index in [1.807, 2.05) is 24.3 Å². The number of piperidine rings is 1. The number of rotatable bonds is 2. The molecule has 0 aliphatic carbocycles. The van der Waals surface area contributed by atoms with Crippen LogP contribution in [0.3, 0.4) is 0 Å². The average Bonchev–Trinajstić information content (AvgIpc) is 2.32. The summed E-state index contributed by atoms with van der Waals surface area (Å²) < 4.78 is 0. The third kappa shape index (κ3) is 2.27. The first-order valence-corrected chi connectivity index (χ1v) is 5.54. The minimum atomic E-state index is 0.783. The normalized spacial score (nSPS) is 18.8. The fraction of sp³-hybridized carbons (Fsp3) is 0.417. The van der Waals surface area contributed by atoms with Crippen LogP contribution in [0.4, 0.5) is 11.4 Å². The fourth-order valence-corrected chi connectivity index (χ4v) is 1.95. The largest absolute Gasteiger partial charge is 0.399 e. The van der Waals surface area contributed by atoms with Crippen molar-refractivity contribution in [1.82, 2.24) is 0 Å². The second-order valence-corrected chi connectivity index (χ2v) is 3.89. The summed E-state index contributed by atoms with van der Waals surface area (Å²) in [6.45, 7) is 0.992. The highest BCUT2D eigenvalue weighted by Crippen LogP contribution is 2.22. The van der Waals surface area contributed by atoms with Gasteiger partial charge in [0.2, 0.25) is 0 Å². The van der Waals surface area contributed by atoms with Crippen LogP contribution in [-0.2, 0) is 4.84 Å². The van der Waals surface area contributed by atoms with Gasteiger partial charge in [0.05, 0.1) is 0 Å². The molecule has 1 aromatic rings. The first-order chi connectivity index (χ1) is 7.81. The number of nitrogen functional groups attached to an aromatic ring is 1. The lowest BCUT2D eigenvalue weighted by atomic mass is 10.1. The number of oxime groups is 1. The van der Waals surface area contributed by atoms with Gasteiger partial charge in [0, 0.05) is 24.3 Å². The highest BCUT2D eigenvalue weighted by molar-refractivity contribution is 5.98. The molecule has 0 spiro atoms. The van der Waals surface area contributed by atoms with Crippen molar-refractivity contribution in [2.24, 2.45) is 5.16 Å². The van der Waals surface area contributed by atoms with Crippen LogP contribution in [0.5, 0.6) is 0 Å². The summed E-state index contributed by atoms with van der Waals surface area (Å²) >= 11 is 0. The van der Waals surface area contributed by atoms with Crippen molar-refractivity contribution >= 4 is 17.2 Å². The van der Waals surface area contributed by atoms with Crippen molar-refractivity contribution in [2.75, 3.05) is 24.3 Å². The van der Waals surface area contributed by atoms with Crippen molar-refractivity contribution in [3.8, 4) is 0 Å². The van der Waals surface area contributed by atoms with Gasteiger partial charge in [-0.3, -0.25) is 0 Å². The van der Waals surface area contributed by atoms with Crippen LogP contribution in [0.2, 0.25) is 0 Å². The lowest BCUT2D eigenvalue weighted by Crippen LogP contribution is -2.35. The molecule has 0 atom stereocenters. The molecular formula is C12H17N3O. The third-order valence-electron chi connectivity index (χ3n) is 2.75. The molecule has 0 amide bonds. The topological polar surface area (TPSA) is 50.8 Å². The minimum Gasteiger partial charge on any atom is -0.399 e. The van der Waals surface area contributed by atoms with Crippen LogP contribution < -0.4 is 10.6 Å². The van der Waals surface area contributed by atoms with Crippen molar-refractivity contribution in [3.63, 3.8) is 0 Å². The summed E-state index contributed by atoms with van der Waals surface area (Å²) in [4.78, 5) is 7.07. The zero-order valence-electron chi connectivity index (χ0n) is 9.52. The molecule has 1 saturated heterocycles. The van der Waals surface area contributed by atoms with E-state index in [0.717, 1.165) is 30.2 Å². The van der Waals surface area contributed by atoms with Gasteiger partial charge in [0.15, 0.2) is 0 Å². The summed E-state index contributed by atoms with van der Waals surface area (Å²) in [5.74, 6) is 0.999. The maximum absolute atomic E-state index is 5.68. The van der Waals surface area contributed by atoms with E-state index in [2.05, 4.69) is 10.1 Å². The van der Waals surface area contributed by atoms with Gasteiger partial charge in [0.1, 0.15) is 12.9 Å². The molecule has 1 aliphatic heterocycles. The SMILES string of the molecule is CON=C1CCCCN1c1ccc(N)cc1. The van der Waals surface area contributed by atoms with E-state index in [0.29, 0.717) is 0 Å². The van der Waals surface area contributed by atoms with Crippen LogP contribution in [0.1, 0.15) is 19.3 Å². The number of nitrogens with two attached hydrogens (primary N) is 1. The second kappa shape index (κ2) is 4.88. The zero-order chi connectivity index (χ0) is 11.4. The Hall–Kier alpha value is -1.71. The third-order valence-corrected chi connectivity index (χ3v) is 2.75. The number of benzene rings is 1. The molecule has 0 unspecified atom stereocenters. The quantitative estimate of drug-likeness (QED) is 0.613. The maximum atomic E-state index is 5.68. The van der Waals surface area contributed by atoms with Gasteiger partial charge in [-0.25, -0.2) is 0 Å².